The molecule has 0 spiro atoms. The highest BCUT2D eigenvalue weighted by atomic mass is 32.1. The number of rotatable bonds is 3. The number of hydrogen-bond acceptors (Lipinski definition) is 5. The summed E-state index contributed by atoms with van der Waals surface area (Å²) in [4.78, 5) is 0. The van der Waals surface area contributed by atoms with Gasteiger partial charge in [0.25, 0.3) is 0 Å². The van der Waals surface area contributed by atoms with Gasteiger partial charge in [0.05, 0.1) is 6.21 Å². The molecule has 3 N–H and O–H groups in total. The molecule has 100 valence electrons. The lowest BCUT2D eigenvalue weighted by Crippen LogP contribution is -2.00. The molecule has 7 heteroatoms. The third-order valence-corrected chi connectivity index (χ3v) is 2.78. The normalized spacial score (nSPS) is 11.5. The summed E-state index contributed by atoms with van der Waals surface area (Å²) in [7, 11) is 0. The molecule has 1 heterocycles. The van der Waals surface area contributed by atoms with Crippen molar-refractivity contribution in [3.8, 4) is 11.5 Å². The number of nitrogens with one attached hydrogen (secondary N) is 1. The molecule has 0 aliphatic heterocycles. The second kappa shape index (κ2) is 5.23. The molecule has 1 aromatic carbocycles. The topological polar surface area (TPSA) is 86.4 Å². The highest BCUT2D eigenvalue weighted by Crippen LogP contribution is 2.24. The maximum Gasteiger partial charge on any atom is 0.216 e. The maximum atomic E-state index is 9.40. The van der Waals surface area contributed by atoms with Crippen molar-refractivity contribution < 1.29 is 10.2 Å². The number of phenols is 2. The SMILES string of the molecule is CC(C)c1n[nH]c(=S)n1/N=C\c1ccc(O)c(O)c1. The first-order valence-electron chi connectivity index (χ1n) is 5.72. The number of nitrogens with zero attached hydrogens (tertiary/aromatic N) is 3. The molecule has 0 saturated carbocycles. The van der Waals surface area contributed by atoms with Gasteiger partial charge in [0.2, 0.25) is 4.77 Å². The Morgan fingerprint density at radius 3 is 2.74 bits per heavy atom. The van der Waals surface area contributed by atoms with Crippen LogP contribution in [0.25, 0.3) is 0 Å². The second-order valence-electron chi connectivity index (χ2n) is 4.35. The maximum absolute atomic E-state index is 9.40. The minimum absolute atomic E-state index is 0.167. The number of phenolic OH excluding ortho intramolecular Hbond substituents is 2. The van der Waals surface area contributed by atoms with Crippen LogP contribution in [0.5, 0.6) is 11.5 Å². The Balaban J connectivity index is 2.35. The number of benzene rings is 1. The summed E-state index contributed by atoms with van der Waals surface area (Å²) in [6.07, 6.45) is 1.54. The van der Waals surface area contributed by atoms with Gasteiger partial charge >= 0.3 is 0 Å². The third-order valence-electron chi connectivity index (χ3n) is 2.51. The van der Waals surface area contributed by atoms with Gasteiger partial charge in [-0.2, -0.15) is 14.9 Å². The first-order chi connectivity index (χ1) is 8.99. The number of aromatic hydroxyl groups is 2. The zero-order chi connectivity index (χ0) is 14.0. The molecule has 0 atom stereocenters. The molecule has 0 unspecified atom stereocenters. The minimum atomic E-state index is -0.191. The summed E-state index contributed by atoms with van der Waals surface area (Å²) in [6, 6.07) is 4.45. The van der Waals surface area contributed by atoms with E-state index in [1.807, 2.05) is 13.8 Å². The van der Waals surface area contributed by atoms with Gasteiger partial charge in [0, 0.05) is 5.92 Å². The van der Waals surface area contributed by atoms with Crippen molar-refractivity contribution in [2.24, 2.45) is 5.10 Å². The largest absolute Gasteiger partial charge is 0.504 e. The van der Waals surface area contributed by atoms with Gasteiger partial charge in [-0.15, -0.1) is 0 Å². The van der Waals surface area contributed by atoms with Crippen molar-refractivity contribution in [3.63, 3.8) is 0 Å². The summed E-state index contributed by atoms with van der Waals surface area (Å²) >= 11 is 5.10. The monoisotopic (exact) mass is 278 g/mol. The Kier molecular flexibility index (Phi) is 3.66. The van der Waals surface area contributed by atoms with Crippen molar-refractivity contribution in [1.82, 2.24) is 14.9 Å². The lowest BCUT2D eigenvalue weighted by molar-refractivity contribution is 0.403. The molecule has 0 saturated heterocycles. The quantitative estimate of drug-likeness (QED) is 0.457. The first-order valence-corrected chi connectivity index (χ1v) is 6.13. The van der Waals surface area contributed by atoms with E-state index in [2.05, 4.69) is 15.3 Å². The third kappa shape index (κ3) is 2.82. The summed E-state index contributed by atoms with van der Waals surface area (Å²) in [5.41, 5.74) is 0.646. The summed E-state index contributed by atoms with van der Waals surface area (Å²) < 4.78 is 1.94. The van der Waals surface area contributed by atoms with E-state index in [0.717, 1.165) is 5.82 Å². The molecule has 2 rings (SSSR count). The van der Waals surface area contributed by atoms with Crippen LogP contribution < -0.4 is 0 Å². The van der Waals surface area contributed by atoms with Crippen molar-refractivity contribution in [1.29, 1.82) is 0 Å². The van der Waals surface area contributed by atoms with Crippen LogP contribution in [0.2, 0.25) is 0 Å². The summed E-state index contributed by atoms with van der Waals surface area (Å²) in [6.45, 7) is 3.98. The van der Waals surface area contributed by atoms with Crippen LogP contribution in [-0.2, 0) is 0 Å². The van der Waals surface area contributed by atoms with Crippen LogP contribution in [0.1, 0.15) is 31.2 Å². The van der Waals surface area contributed by atoms with Gasteiger partial charge in [0.1, 0.15) is 0 Å². The standard InChI is InChI=1S/C12H14N4O2S/c1-7(2)11-14-15-12(19)16(11)13-6-8-3-4-9(17)10(18)5-8/h3-7,17-18H,1-2H3,(H,15,19)/b13-6-. The van der Waals surface area contributed by atoms with Gasteiger partial charge < -0.3 is 10.2 Å². The van der Waals surface area contributed by atoms with Gasteiger partial charge in [-0.25, -0.2) is 0 Å². The fraction of sp³-hybridized carbons (Fsp3) is 0.250. The Labute approximate surface area is 115 Å². The van der Waals surface area contributed by atoms with Crippen molar-refractivity contribution in [2.45, 2.75) is 19.8 Å². The van der Waals surface area contributed by atoms with E-state index in [1.165, 1.54) is 23.0 Å². The molecule has 6 nitrogen and oxygen atoms in total. The van der Waals surface area contributed by atoms with E-state index in [4.69, 9.17) is 12.2 Å². The van der Waals surface area contributed by atoms with Crippen LogP contribution >= 0.6 is 12.2 Å². The molecule has 2 aromatic rings. The number of aromatic amines is 1. The average Bonchev–Trinajstić information content (AvgIpc) is 2.72. The van der Waals surface area contributed by atoms with E-state index in [9.17, 15) is 10.2 Å². The molecule has 0 aliphatic rings. The number of H-pyrrole nitrogens is 1. The van der Waals surface area contributed by atoms with Crippen LogP contribution in [0, 0.1) is 4.77 Å². The summed E-state index contributed by atoms with van der Waals surface area (Å²) in [5.74, 6) is 0.548. The fourth-order valence-corrected chi connectivity index (χ4v) is 1.72. The predicted molar refractivity (Wildman–Crippen MR) is 74.3 cm³/mol. The Hall–Kier alpha value is -2.15. The first kappa shape index (κ1) is 13.3. The highest BCUT2D eigenvalue weighted by Gasteiger charge is 2.08. The molecular formula is C12H14N4O2S. The average molecular weight is 278 g/mol. The lowest BCUT2D eigenvalue weighted by Gasteiger charge is -2.03. The predicted octanol–water partition coefficient (Wildman–Crippen LogP) is 2.36. The fourth-order valence-electron chi connectivity index (χ4n) is 1.53. The Bertz CT molecular complexity index is 673. The van der Waals surface area contributed by atoms with E-state index >= 15 is 0 Å². The van der Waals surface area contributed by atoms with E-state index in [-0.39, 0.29) is 17.4 Å². The molecule has 0 fully saturated rings. The van der Waals surface area contributed by atoms with Crippen molar-refractivity contribution >= 4 is 18.4 Å². The van der Waals surface area contributed by atoms with Crippen molar-refractivity contribution in [3.05, 3.63) is 34.4 Å². The molecule has 0 radical (unpaired) electrons. The lowest BCUT2D eigenvalue weighted by atomic mass is 10.2. The zero-order valence-electron chi connectivity index (χ0n) is 10.5. The van der Waals surface area contributed by atoms with Gasteiger partial charge in [-0.05, 0) is 36.0 Å². The minimum Gasteiger partial charge on any atom is -0.504 e. The van der Waals surface area contributed by atoms with Gasteiger partial charge in [0.15, 0.2) is 17.3 Å². The smallest absolute Gasteiger partial charge is 0.216 e. The van der Waals surface area contributed by atoms with Crippen molar-refractivity contribution in [2.75, 3.05) is 0 Å². The number of hydrogen-bond donors (Lipinski definition) is 3. The van der Waals surface area contributed by atoms with Gasteiger partial charge in [-0.1, -0.05) is 13.8 Å². The Morgan fingerprint density at radius 2 is 2.11 bits per heavy atom. The van der Waals surface area contributed by atoms with Crippen LogP contribution in [-0.4, -0.2) is 31.3 Å². The Morgan fingerprint density at radius 1 is 1.37 bits per heavy atom. The zero-order valence-corrected chi connectivity index (χ0v) is 11.3. The van der Waals surface area contributed by atoms with Crippen LogP contribution in [0.4, 0.5) is 0 Å². The van der Waals surface area contributed by atoms with E-state index in [0.29, 0.717) is 10.3 Å². The van der Waals surface area contributed by atoms with Gasteiger partial charge in [-0.3, -0.25) is 5.10 Å². The van der Waals surface area contributed by atoms with Crippen LogP contribution in [0.3, 0.4) is 0 Å². The molecule has 19 heavy (non-hydrogen) atoms. The van der Waals surface area contributed by atoms with E-state index < -0.39 is 0 Å². The van der Waals surface area contributed by atoms with Crippen LogP contribution in [0.15, 0.2) is 23.3 Å². The summed E-state index contributed by atoms with van der Waals surface area (Å²) in [5, 5.41) is 29.6. The number of aromatic nitrogens is 3. The molecular weight excluding hydrogens is 264 g/mol. The molecule has 1 aromatic heterocycles. The molecule has 0 aliphatic carbocycles. The highest BCUT2D eigenvalue weighted by molar-refractivity contribution is 7.71. The second-order valence-corrected chi connectivity index (χ2v) is 4.73. The van der Waals surface area contributed by atoms with E-state index in [1.54, 1.807) is 6.07 Å². The molecule has 0 bridgehead atoms. The molecule has 0 amide bonds.